The van der Waals surface area contributed by atoms with E-state index in [1.807, 2.05) is 72.3 Å². The zero-order chi connectivity index (χ0) is 16.8. The van der Waals surface area contributed by atoms with Crippen LogP contribution in [0.5, 0.6) is 0 Å². The maximum absolute atomic E-state index is 12.6. The van der Waals surface area contributed by atoms with Gasteiger partial charge in [-0.05, 0) is 29.7 Å². The van der Waals surface area contributed by atoms with Crippen LogP contribution in [-0.2, 0) is 11.3 Å². The first-order chi connectivity index (χ1) is 11.8. The first kappa shape index (κ1) is 16.0. The van der Waals surface area contributed by atoms with Gasteiger partial charge in [-0.1, -0.05) is 49.4 Å². The fraction of sp³-hybridized carbons (Fsp3) is 0.200. The molecule has 0 aliphatic carbocycles. The highest BCUT2D eigenvalue weighted by Crippen LogP contribution is 2.21. The Morgan fingerprint density at radius 2 is 1.88 bits per heavy atom. The predicted molar refractivity (Wildman–Crippen MR) is 95.9 cm³/mol. The van der Waals surface area contributed by atoms with E-state index in [-0.39, 0.29) is 11.8 Å². The monoisotopic (exact) mass is 319 g/mol. The number of nitrogens with one attached hydrogen (secondary N) is 1. The molecule has 0 radical (unpaired) electrons. The lowest BCUT2D eigenvalue weighted by Crippen LogP contribution is -2.20. The quantitative estimate of drug-likeness (QED) is 0.744. The molecule has 1 atom stereocenters. The molecule has 24 heavy (non-hydrogen) atoms. The zero-order valence-electron chi connectivity index (χ0n) is 13.7. The van der Waals surface area contributed by atoms with Crippen molar-refractivity contribution in [2.24, 2.45) is 0 Å². The Morgan fingerprint density at radius 1 is 1.12 bits per heavy atom. The van der Waals surface area contributed by atoms with E-state index in [0.29, 0.717) is 0 Å². The molecular weight excluding hydrogens is 298 g/mol. The van der Waals surface area contributed by atoms with Crippen LogP contribution in [0.1, 0.15) is 30.4 Å². The molecule has 122 valence electrons. The number of imidazole rings is 1. The number of nitrogens with zero attached hydrogens (tertiary/aromatic N) is 2. The molecule has 0 aliphatic heterocycles. The Labute approximate surface area is 142 Å². The molecule has 3 rings (SSSR count). The molecule has 1 amide bonds. The molecule has 0 aliphatic rings. The predicted octanol–water partition coefficient (Wildman–Crippen LogP) is 4.06. The highest BCUT2D eigenvalue weighted by molar-refractivity contribution is 5.95. The molecule has 4 heteroatoms. The van der Waals surface area contributed by atoms with Gasteiger partial charge in [-0.3, -0.25) is 4.79 Å². The Morgan fingerprint density at radius 3 is 2.50 bits per heavy atom. The second-order valence-corrected chi connectivity index (χ2v) is 5.79. The van der Waals surface area contributed by atoms with E-state index in [2.05, 4.69) is 10.3 Å². The van der Waals surface area contributed by atoms with E-state index in [1.54, 1.807) is 12.5 Å². The minimum Gasteiger partial charge on any atom is -0.333 e. The topological polar surface area (TPSA) is 46.9 Å². The van der Waals surface area contributed by atoms with Gasteiger partial charge >= 0.3 is 0 Å². The number of carbonyl (C=O) groups is 1. The van der Waals surface area contributed by atoms with Gasteiger partial charge in [0.25, 0.3) is 0 Å². The van der Waals surface area contributed by atoms with E-state index in [1.165, 1.54) is 5.56 Å². The van der Waals surface area contributed by atoms with Crippen LogP contribution in [0.25, 0.3) is 0 Å². The van der Waals surface area contributed by atoms with Gasteiger partial charge in [-0.15, -0.1) is 0 Å². The van der Waals surface area contributed by atoms with Gasteiger partial charge < -0.3 is 9.88 Å². The lowest BCUT2D eigenvalue weighted by Gasteiger charge is -2.15. The van der Waals surface area contributed by atoms with Crippen molar-refractivity contribution in [2.75, 3.05) is 5.32 Å². The SMILES string of the molecule is CCC(C(=O)Nc1ccc(Cn2ccnc2)cc1)c1ccccc1. The van der Waals surface area contributed by atoms with Crippen molar-refractivity contribution in [1.82, 2.24) is 9.55 Å². The summed E-state index contributed by atoms with van der Waals surface area (Å²) < 4.78 is 2.01. The van der Waals surface area contributed by atoms with Crippen LogP contribution in [0.3, 0.4) is 0 Å². The Balaban J connectivity index is 1.65. The molecule has 1 N–H and O–H groups in total. The van der Waals surface area contributed by atoms with Crippen LogP contribution in [0, 0.1) is 0 Å². The molecule has 0 bridgehead atoms. The maximum atomic E-state index is 12.6. The fourth-order valence-corrected chi connectivity index (χ4v) is 2.77. The minimum atomic E-state index is -0.128. The van der Waals surface area contributed by atoms with Crippen LogP contribution < -0.4 is 5.32 Å². The van der Waals surface area contributed by atoms with Gasteiger partial charge in [0, 0.05) is 24.6 Å². The van der Waals surface area contributed by atoms with Gasteiger partial charge in [0.1, 0.15) is 0 Å². The number of anilines is 1. The van der Waals surface area contributed by atoms with Crippen LogP contribution in [0.15, 0.2) is 73.3 Å². The summed E-state index contributed by atoms with van der Waals surface area (Å²) in [7, 11) is 0. The maximum Gasteiger partial charge on any atom is 0.231 e. The highest BCUT2D eigenvalue weighted by atomic mass is 16.1. The summed E-state index contributed by atoms with van der Waals surface area (Å²) in [6, 6.07) is 17.9. The minimum absolute atomic E-state index is 0.0334. The average Bonchev–Trinajstić information content (AvgIpc) is 3.11. The van der Waals surface area contributed by atoms with Crippen molar-refractivity contribution in [1.29, 1.82) is 0 Å². The van der Waals surface area contributed by atoms with Crippen LogP contribution in [-0.4, -0.2) is 15.5 Å². The van der Waals surface area contributed by atoms with Crippen molar-refractivity contribution in [3.8, 4) is 0 Å². The number of carbonyl (C=O) groups excluding carboxylic acids is 1. The van der Waals surface area contributed by atoms with E-state index in [4.69, 9.17) is 0 Å². The third kappa shape index (κ3) is 3.90. The third-order valence-electron chi connectivity index (χ3n) is 4.07. The van der Waals surface area contributed by atoms with Gasteiger partial charge in [0.2, 0.25) is 5.91 Å². The normalized spacial score (nSPS) is 11.9. The molecule has 0 saturated carbocycles. The third-order valence-corrected chi connectivity index (χ3v) is 4.07. The van der Waals surface area contributed by atoms with Crippen LogP contribution in [0.2, 0.25) is 0 Å². The first-order valence-electron chi connectivity index (χ1n) is 8.16. The van der Waals surface area contributed by atoms with Crippen LogP contribution >= 0.6 is 0 Å². The molecular formula is C20H21N3O. The molecule has 1 unspecified atom stereocenters. The molecule has 3 aromatic rings. The summed E-state index contributed by atoms with van der Waals surface area (Å²) in [5.74, 6) is -0.0946. The smallest absolute Gasteiger partial charge is 0.231 e. The molecule has 2 aromatic carbocycles. The van der Waals surface area contributed by atoms with Gasteiger partial charge in [0.05, 0.1) is 12.2 Å². The highest BCUT2D eigenvalue weighted by Gasteiger charge is 2.18. The van der Waals surface area contributed by atoms with Crippen molar-refractivity contribution in [3.63, 3.8) is 0 Å². The number of rotatable bonds is 6. The standard InChI is InChI=1S/C20H21N3O/c1-2-19(17-6-4-3-5-7-17)20(24)22-18-10-8-16(9-11-18)14-23-13-12-21-15-23/h3-13,15,19H,2,14H2,1H3,(H,22,24). The van der Waals surface area contributed by atoms with E-state index in [9.17, 15) is 4.79 Å². The summed E-state index contributed by atoms with van der Waals surface area (Å²) in [4.78, 5) is 16.6. The fourth-order valence-electron chi connectivity index (χ4n) is 2.77. The summed E-state index contributed by atoms with van der Waals surface area (Å²) >= 11 is 0. The number of hydrogen-bond acceptors (Lipinski definition) is 2. The number of amides is 1. The number of benzene rings is 2. The van der Waals surface area contributed by atoms with E-state index >= 15 is 0 Å². The van der Waals surface area contributed by atoms with Crippen LogP contribution in [0.4, 0.5) is 5.69 Å². The summed E-state index contributed by atoms with van der Waals surface area (Å²) in [5.41, 5.74) is 3.04. The van der Waals surface area contributed by atoms with Crippen molar-refractivity contribution in [2.45, 2.75) is 25.8 Å². The summed E-state index contributed by atoms with van der Waals surface area (Å²) in [6.45, 7) is 2.81. The largest absolute Gasteiger partial charge is 0.333 e. The summed E-state index contributed by atoms with van der Waals surface area (Å²) in [6.07, 6.45) is 6.26. The number of aromatic nitrogens is 2. The van der Waals surface area contributed by atoms with E-state index in [0.717, 1.165) is 24.2 Å². The lowest BCUT2D eigenvalue weighted by molar-refractivity contribution is -0.117. The Hall–Kier alpha value is -2.88. The lowest BCUT2D eigenvalue weighted by atomic mass is 9.95. The van der Waals surface area contributed by atoms with Gasteiger partial charge in [0.15, 0.2) is 0 Å². The summed E-state index contributed by atoms with van der Waals surface area (Å²) in [5, 5.41) is 3.02. The molecule has 1 heterocycles. The first-order valence-corrected chi connectivity index (χ1v) is 8.16. The Bertz CT molecular complexity index is 764. The van der Waals surface area contributed by atoms with Crippen molar-refractivity contribution >= 4 is 11.6 Å². The number of hydrogen-bond donors (Lipinski definition) is 1. The van der Waals surface area contributed by atoms with E-state index < -0.39 is 0 Å². The molecule has 0 spiro atoms. The molecule has 1 aromatic heterocycles. The second kappa shape index (κ2) is 7.59. The van der Waals surface area contributed by atoms with Crippen molar-refractivity contribution in [3.05, 3.63) is 84.4 Å². The van der Waals surface area contributed by atoms with Gasteiger partial charge in [-0.2, -0.15) is 0 Å². The Kier molecular flexibility index (Phi) is 5.06. The second-order valence-electron chi connectivity index (χ2n) is 5.79. The van der Waals surface area contributed by atoms with Gasteiger partial charge in [-0.25, -0.2) is 4.98 Å². The molecule has 0 fully saturated rings. The average molecular weight is 319 g/mol. The zero-order valence-corrected chi connectivity index (χ0v) is 13.7. The van der Waals surface area contributed by atoms with Crippen molar-refractivity contribution < 1.29 is 4.79 Å². The molecule has 0 saturated heterocycles. The molecule has 4 nitrogen and oxygen atoms in total.